The minimum atomic E-state index is -1.81. The third kappa shape index (κ3) is 3.57. The van der Waals surface area contributed by atoms with Crippen molar-refractivity contribution in [1.82, 2.24) is 0 Å². The number of carbonyl (C=O) groups is 3. The first-order valence-corrected chi connectivity index (χ1v) is 16.6. The van der Waals surface area contributed by atoms with E-state index in [1.807, 2.05) is 13.8 Å². The second kappa shape index (κ2) is 9.85. The van der Waals surface area contributed by atoms with Gasteiger partial charge in [-0.3, -0.25) is 0 Å². The largest absolute Gasteiger partial charge is 0.458 e. The Morgan fingerprint density at radius 2 is 1.69 bits per heavy atom. The van der Waals surface area contributed by atoms with E-state index in [0.717, 1.165) is 11.1 Å². The van der Waals surface area contributed by atoms with Crippen LogP contribution in [0.1, 0.15) is 60.7 Å². The summed E-state index contributed by atoms with van der Waals surface area (Å²) in [6.45, 7) is 5.74. The van der Waals surface area contributed by atoms with Gasteiger partial charge in [-0.1, -0.05) is 32.9 Å². The normalized spacial score (nSPS) is 49.0. The lowest BCUT2D eigenvalue weighted by Crippen LogP contribution is -2.70. The van der Waals surface area contributed by atoms with Gasteiger partial charge in [-0.2, -0.15) is 0 Å². The van der Waals surface area contributed by atoms with Gasteiger partial charge in [-0.15, -0.1) is 0 Å². The second-order valence-electron chi connectivity index (χ2n) is 14.9. The monoisotopic (exact) mass is 670 g/mol. The molecule has 0 amide bonds. The molecule has 6 fully saturated rings. The van der Waals surface area contributed by atoms with Crippen LogP contribution in [0.2, 0.25) is 0 Å². The van der Waals surface area contributed by atoms with E-state index in [4.69, 9.17) is 33.2 Å². The van der Waals surface area contributed by atoms with E-state index in [9.17, 15) is 34.8 Å². The van der Waals surface area contributed by atoms with E-state index in [-0.39, 0.29) is 53.9 Å². The smallest absolute Gasteiger partial charge is 0.341 e. The molecule has 0 radical (unpaired) electrons. The van der Waals surface area contributed by atoms with Crippen molar-refractivity contribution in [3.05, 3.63) is 46.5 Å². The molecule has 1 aromatic rings. The standard InChI is InChI=1S/C34H38O14/c1-13(2)32-24(47-32)25-34(48-25)31(3)9-8-16-17(12-42-26(16)39)18(31)10-20-33(34,46-20)30(32)45-28(41)15-7-5-4-6-14(15)27(40)44-29-23(38)22(37)21(36)19(11-35)43-29/h4-7,13,18-25,29-30,35-38H,8-12H2,1-3H3/t18-,19?,20-,21+,22-,23?,24-,25-,29+,30+,31-,32-,33+,34+/m0/s1. The molecule has 4 N–H and O–H groups in total. The maximum atomic E-state index is 14.2. The van der Waals surface area contributed by atoms with E-state index in [2.05, 4.69) is 6.92 Å². The van der Waals surface area contributed by atoms with Gasteiger partial charge in [0.15, 0.2) is 11.7 Å². The molecule has 14 nitrogen and oxygen atoms in total. The zero-order chi connectivity index (χ0) is 33.7. The molecule has 1 aromatic carbocycles. The van der Waals surface area contributed by atoms with Crippen molar-refractivity contribution in [3.8, 4) is 0 Å². The van der Waals surface area contributed by atoms with Gasteiger partial charge in [-0.05, 0) is 48.8 Å². The summed E-state index contributed by atoms with van der Waals surface area (Å²) in [5, 5.41) is 40.2. The summed E-state index contributed by atoms with van der Waals surface area (Å²) in [6.07, 6.45) is -8.19. The Hall–Kier alpha value is -2.95. The fourth-order valence-corrected chi connectivity index (χ4v) is 10.2. The molecule has 5 aliphatic heterocycles. The van der Waals surface area contributed by atoms with E-state index < -0.39 is 77.6 Å². The lowest BCUT2D eigenvalue weighted by atomic mass is 9.46. The summed E-state index contributed by atoms with van der Waals surface area (Å²) < 4.78 is 42.5. The van der Waals surface area contributed by atoms with Gasteiger partial charge in [0.25, 0.3) is 0 Å². The Kier molecular flexibility index (Phi) is 6.37. The van der Waals surface area contributed by atoms with Crippen LogP contribution in [-0.2, 0) is 38.0 Å². The van der Waals surface area contributed by atoms with Crippen LogP contribution in [0, 0.1) is 17.3 Å². The number of fused-ring (bicyclic) bond motifs is 4. The van der Waals surface area contributed by atoms with Crippen LogP contribution in [-0.4, -0.2) is 123 Å². The van der Waals surface area contributed by atoms with Crippen molar-refractivity contribution in [2.45, 2.75) is 112 Å². The van der Waals surface area contributed by atoms with E-state index in [0.29, 0.717) is 19.3 Å². The van der Waals surface area contributed by atoms with Gasteiger partial charge in [0.05, 0.1) is 23.8 Å². The summed E-state index contributed by atoms with van der Waals surface area (Å²) in [6, 6.07) is 5.87. The highest BCUT2D eigenvalue weighted by Gasteiger charge is 3.01. The van der Waals surface area contributed by atoms with Gasteiger partial charge >= 0.3 is 17.9 Å². The third-order valence-corrected chi connectivity index (χ3v) is 12.7. The maximum absolute atomic E-state index is 14.2. The van der Waals surface area contributed by atoms with Crippen LogP contribution in [0.4, 0.5) is 0 Å². The Labute approximate surface area is 274 Å². The number of ether oxygens (including phenoxy) is 7. The molecule has 48 heavy (non-hydrogen) atoms. The molecule has 9 rings (SSSR count). The SMILES string of the molecule is CC(C)[C@]12O[C@H]1[C@@H]1O[C@]13[C@]1(O[C@H]1C[C@H]1C4=C(CC[C@@]13C)C(=O)OC4)[C@@H]2OC(=O)c1ccccc1C(=O)O[C@H]1OC(CO)[C@@H](O)[C@H](O)C1O. The topological polar surface area (TPSA) is 207 Å². The Balaban J connectivity index is 1.03. The molecule has 14 atom stereocenters. The van der Waals surface area contributed by atoms with E-state index >= 15 is 0 Å². The van der Waals surface area contributed by atoms with Crippen molar-refractivity contribution in [1.29, 1.82) is 0 Å². The average Bonchev–Trinajstić information content (AvgIpc) is 3.99. The van der Waals surface area contributed by atoms with Gasteiger partial charge in [0.1, 0.15) is 54.4 Å². The minimum Gasteiger partial charge on any atom is -0.458 e. The lowest BCUT2D eigenvalue weighted by Gasteiger charge is -2.53. The summed E-state index contributed by atoms with van der Waals surface area (Å²) in [4.78, 5) is 40.1. The third-order valence-electron chi connectivity index (χ3n) is 12.7. The number of rotatable bonds is 6. The predicted octanol–water partition coefficient (Wildman–Crippen LogP) is -0.0755. The zero-order valence-electron chi connectivity index (χ0n) is 26.6. The van der Waals surface area contributed by atoms with Crippen LogP contribution in [0.15, 0.2) is 35.4 Å². The quantitative estimate of drug-likeness (QED) is 0.178. The molecule has 0 bridgehead atoms. The molecule has 5 heterocycles. The highest BCUT2D eigenvalue weighted by Crippen LogP contribution is 2.83. The van der Waals surface area contributed by atoms with Crippen LogP contribution in [0.3, 0.4) is 0 Å². The molecular weight excluding hydrogens is 632 g/mol. The van der Waals surface area contributed by atoms with E-state index in [1.165, 1.54) is 18.2 Å². The van der Waals surface area contributed by atoms with Gasteiger partial charge in [0, 0.05) is 11.0 Å². The predicted molar refractivity (Wildman–Crippen MR) is 156 cm³/mol. The molecule has 2 spiro atoms. The van der Waals surface area contributed by atoms with E-state index in [1.54, 1.807) is 6.07 Å². The average molecular weight is 671 g/mol. The Morgan fingerprint density at radius 1 is 0.979 bits per heavy atom. The van der Waals surface area contributed by atoms with Crippen molar-refractivity contribution < 1.29 is 68.0 Å². The molecule has 0 aromatic heterocycles. The first-order valence-electron chi connectivity index (χ1n) is 16.6. The molecule has 3 aliphatic carbocycles. The number of epoxide rings is 3. The summed E-state index contributed by atoms with van der Waals surface area (Å²) >= 11 is 0. The molecule has 2 saturated carbocycles. The van der Waals surface area contributed by atoms with Gasteiger partial charge < -0.3 is 53.6 Å². The van der Waals surface area contributed by atoms with Gasteiger partial charge in [-0.25, -0.2) is 14.4 Å². The first-order chi connectivity index (χ1) is 22.9. The number of aliphatic hydroxyl groups excluding tert-OH is 4. The first kappa shape index (κ1) is 31.1. The molecule has 258 valence electrons. The summed E-state index contributed by atoms with van der Waals surface area (Å²) in [5.41, 5.74) is -1.66. The van der Waals surface area contributed by atoms with Crippen molar-refractivity contribution >= 4 is 17.9 Å². The highest BCUT2D eigenvalue weighted by atomic mass is 16.8. The van der Waals surface area contributed by atoms with Crippen LogP contribution >= 0.6 is 0 Å². The number of cyclic esters (lactones) is 1. The highest BCUT2D eigenvalue weighted by molar-refractivity contribution is 6.03. The van der Waals surface area contributed by atoms with Crippen molar-refractivity contribution in [3.63, 3.8) is 0 Å². The number of esters is 3. The minimum absolute atomic E-state index is 0.00195. The number of benzene rings is 1. The molecular formula is C34H38O14. The van der Waals surface area contributed by atoms with Crippen LogP contribution in [0.25, 0.3) is 0 Å². The summed E-state index contributed by atoms with van der Waals surface area (Å²) in [5.74, 6) is -2.21. The zero-order valence-corrected chi connectivity index (χ0v) is 26.6. The number of hydrogen-bond donors (Lipinski definition) is 4. The Bertz CT molecular complexity index is 1660. The van der Waals surface area contributed by atoms with Gasteiger partial charge in [0.2, 0.25) is 6.29 Å². The molecule has 4 saturated heterocycles. The number of aliphatic hydroxyl groups is 4. The van der Waals surface area contributed by atoms with Crippen LogP contribution in [0.5, 0.6) is 0 Å². The molecule has 2 unspecified atom stereocenters. The number of carbonyl (C=O) groups excluding carboxylic acids is 3. The lowest BCUT2D eigenvalue weighted by molar-refractivity contribution is -0.285. The van der Waals surface area contributed by atoms with Crippen molar-refractivity contribution in [2.75, 3.05) is 13.2 Å². The summed E-state index contributed by atoms with van der Waals surface area (Å²) in [7, 11) is 0. The van der Waals surface area contributed by atoms with Crippen molar-refractivity contribution in [2.24, 2.45) is 17.3 Å². The second-order valence-corrected chi connectivity index (χ2v) is 14.9. The Morgan fingerprint density at radius 3 is 2.38 bits per heavy atom. The maximum Gasteiger partial charge on any atom is 0.341 e. The molecule has 8 aliphatic rings. The molecule has 14 heteroatoms. The number of hydrogen-bond acceptors (Lipinski definition) is 14. The van der Waals surface area contributed by atoms with Crippen LogP contribution < -0.4 is 0 Å². The fourth-order valence-electron chi connectivity index (χ4n) is 10.2. The fraction of sp³-hybridized carbons (Fsp3) is 0.676.